The van der Waals surface area contributed by atoms with Crippen LogP contribution in [0.5, 0.6) is 0 Å². The molecule has 0 aliphatic rings. The van der Waals surface area contributed by atoms with Gasteiger partial charge >= 0.3 is 29.6 Å². The van der Waals surface area contributed by atoms with Gasteiger partial charge in [-0.1, -0.05) is 13.0 Å². The zero-order chi connectivity index (χ0) is 6.62. The van der Waals surface area contributed by atoms with Crippen LogP contribution in [0.4, 0.5) is 0 Å². The summed E-state index contributed by atoms with van der Waals surface area (Å²) in [5.74, 6) is 0. The molecule has 0 heterocycles. The zero-order valence-electron chi connectivity index (χ0n) is 6.53. The molecule has 0 saturated heterocycles. The molecule has 0 aliphatic heterocycles. The summed E-state index contributed by atoms with van der Waals surface area (Å²) in [6.07, 6.45) is 1.98. The second-order valence-corrected chi connectivity index (χ2v) is 2.60. The number of rotatable bonds is 2. The van der Waals surface area contributed by atoms with Crippen LogP contribution in [-0.2, 0) is 10.1 Å². The molecule has 0 amide bonds. The molecule has 0 spiro atoms. The largest absolute Gasteiger partial charge is 1.00 e. The van der Waals surface area contributed by atoms with Gasteiger partial charge in [-0.15, -0.1) is 0 Å². The number of hydrogen-bond donors (Lipinski definition) is 1. The summed E-state index contributed by atoms with van der Waals surface area (Å²) in [4.78, 5) is 0. The standard InChI is InChI=1S/C4H8O3S.Na.H/c1-2-3-4-8(5,6)7;;/h3-4H,2H2,1H3,(H,5,6,7);;/q;+1;-1. The van der Waals surface area contributed by atoms with Gasteiger partial charge in [0.05, 0.1) is 5.41 Å². The summed E-state index contributed by atoms with van der Waals surface area (Å²) >= 11 is 0. The first kappa shape index (κ1) is 12.3. The molecule has 0 aromatic heterocycles. The van der Waals surface area contributed by atoms with E-state index in [-0.39, 0.29) is 31.0 Å². The van der Waals surface area contributed by atoms with Gasteiger partial charge in [-0.2, -0.15) is 8.42 Å². The molecule has 0 aromatic rings. The second kappa shape index (κ2) is 5.44. The van der Waals surface area contributed by atoms with Crippen molar-refractivity contribution in [3.8, 4) is 0 Å². The Balaban J connectivity index is -0.000000245. The third-order valence-corrected chi connectivity index (χ3v) is 1.04. The Bertz CT molecular complexity index is 175. The van der Waals surface area contributed by atoms with Gasteiger partial charge < -0.3 is 1.43 Å². The van der Waals surface area contributed by atoms with Gasteiger partial charge in [0, 0.05) is 0 Å². The van der Waals surface area contributed by atoms with Crippen molar-refractivity contribution in [3.05, 3.63) is 11.5 Å². The van der Waals surface area contributed by atoms with Crippen molar-refractivity contribution >= 4 is 10.1 Å². The van der Waals surface area contributed by atoms with Crippen molar-refractivity contribution in [2.24, 2.45) is 0 Å². The van der Waals surface area contributed by atoms with Gasteiger partial charge in [0.25, 0.3) is 10.1 Å². The first-order valence-corrected chi connectivity index (χ1v) is 3.70. The summed E-state index contributed by atoms with van der Waals surface area (Å²) in [6, 6.07) is 0. The van der Waals surface area contributed by atoms with E-state index < -0.39 is 10.1 Å². The van der Waals surface area contributed by atoms with Crippen molar-refractivity contribution in [1.29, 1.82) is 0 Å². The van der Waals surface area contributed by atoms with Crippen LogP contribution in [0.25, 0.3) is 0 Å². The van der Waals surface area contributed by atoms with E-state index in [1.165, 1.54) is 6.08 Å². The smallest absolute Gasteiger partial charge is 1.00 e. The Morgan fingerprint density at radius 1 is 1.67 bits per heavy atom. The topological polar surface area (TPSA) is 54.4 Å². The van der Waals surface area contributed by atoms with Crippen molar-refractivity contribution in [3.63, 3.8) is 0 Å². The van der Waals surface area contributed by atoms with Crippen LogP contribution in [0.1, 0.15) is 14.8 Å². The van der Waals surface area contributed by atoms with Crippen LogP contribution in [0.15, 0.2) is 11.5 Å². The molecule has 0 atom stereocenters. The number of hydrogen-bond acceptors (Lipinski definition) is 2. The predicted octanol–water partition coefficient (Wildman–Crippen LogP) is -2.09. The van der Waals surface area contributed by atoms with E-state index in [2.05, 4.69) is 0 Å². The molecule has 0 aliphatic carbocycles. The van der Waals surface area contributed by atoms with Gasteiger partial charge in [0.1, 0.15) is 0 Å². The quantitative estimate of drug-likeness (QED) is 0.372. The molecule has 3 nitrogen and oxygen atoms in total. The Morgan fingerprint density at radius 2 is 2.11 bits per heavy atom. The molecule has 50 valence electrons. The maximum Gasteiger partial charge on any atom is 1.00 e. The second-order valence-electron chi connectivity index (χ2n) is 1.30. The minimum atomic E-state index is -3.87. The first-order chi connectivity index (χ1) is 3.56. The Morgan fingerprint density at radius 3 is 2.22 bits per heavy atom. The van der Waals surface area contributed by atoms with Crippen LogP contribution in [-0.4, -0.2) is 13.0 Å². The summed E-state index contributed by atoms with van der Waals surface area (Å²) < 4.78 is 27.8. The first-order valence-electron chi connectivity index (χ1n) is 2.20. The Hall–Kier alpha value is 0.650. The molecule has 0 rings (SSSR count). The third kappa shape index (κ3) is 12.0. The molecule has 9 heavy (non-hydrogen) atoms. The molecule has 1 N–H and O–H groups in total. The SMILES string of the molecule is CCC=CS(=O)(=O)O.[H-].[Na+]. The zero-order valence-corrected chi connectivity index (χ0v) is 8.35. The van der Waals surface area contributed by atoms with Crippen LogP contribution in [0, 0.1) is 0 Å². The molecule has 5 heteroatoms. The molecule has 0 unspecified atom stereocenters. The Kier molecular flexibility index (Phi) is 7.45. The fraction of sp³-hybridized carbons (Fsp3) is 0.500. The van der Waals surface area contributed by atoms with Gasteiger partial charge in [-0.25, -0.2) is 0 Å². The van der Waals surface area contributed by atoms with Gasteiger partial charge in [-0.3, -0.25) is 4.55 Å². The maximum absolute atomic E-state index is 9.86. The van der Waals surface area contributed by atoms with Crippen molar-refractivity contribution in [1.82, 2.24) is 0 Å². The fourth-order valence-corrected chi connectivity index (χ4v) is 0.653. The molecular weight excluding hydrogens is 151 g/mol. The maximum atomic E-state index is 9.86. The van der Waals surface area contributed by atoms with Crippen LogP contribution < -0.4 is 29.6 Å². The average molecular weight is 160 g/mol. The summed E-state index contributed by atoms with van der Waals surface area (Å²) in [5, 5.41) is 0.771. The Labute approximate surface area is 78.7 Å². The molecule has 0 saturated carbocycles. The minimum absolute atomic E-state index is 0. The van der Waals surface area contributed by atoms with Crippen molar-refractivity contribution in [2.75, 3.05) is 0 Å². The monoisotopic (exact) mass is 160 g/mol. The molecule has 0 fully saturated rings. The van der Waals surface area contributed by atoms with Crippen LogP contribution >= 0.6 is 0 Å². The summed E-state index contributed by atoms with van der Waals surface area (Å²) in [5.41, 5.74) is 0. The molecular formula is C4H9NaO3S. The van der Waals surface area contributed by atoms with Gasteiger partial charge in [0.15, 0.2) is 0 Å². The molecule has 0 radical (unpaired) electrons. The predicted molar refractivity (Wildman–Crippen MR) is 32.1 cm³/mol. The van der Waals surface area contributed by atoms with Crippen LogP contribution in [0.3, 0.4) is 0 Å². The van der Waals surface area contributed by atoms with E-state index in [4.69, 9.17) is 4.55 Å². The van der Waals surface area contributed by atoms with Gasteiger partial charge in [-0.05, 0) is 6.42 Å². The summed E-state index contributed by atoms with van der Waals surface area (Å²) in [7, 11) is -3.87. The van der Waals surface area contributed by atoms with E-state index in [1.54, 1.807) is 6.92 Å². The van der Waals surface area contributed by atoms with E-state index in [0.717, 1.165) is 5.41 Å². The third-order valence-electron chi connectivity index (χ3n) is 0.504. The van der Waals surface area contributed by atoms with Gasteiger partial charge in [0.2, 0.25) is 0 Å². The average Bonchev–Trinajstić information content (AvgIpc) is 1.59. The van der Waals surface area contributed by atoms with E-state index >= 15 is 0 Å². The van der Waals surface area contributed by atoms with E-state index in [1.807, 2.05) is 0 Å². The van der Waals surface area contributed by atoms with Crippen LogP contribution in [0.2, 0.25) is 0 Å². The molecule has 0 bridgehead atoms. The van der Waals surface area contributed by atoms with Crippen molar-refractivity contribution < 1.29 is 44.0 Å². The number of allylic oxidation sites excluding steroid dienone is 1. The summed E-state index contributed by atoms with van der Waals surface area (Å²) in [6.45, 7) is 1.78. The normalized spacial score (nSPS) is 11.3. The van der Waals surface area contributed by atoms with E-state index in [9.17, 15) is 8.42 Å². The molecule has 0 aromatic carbocycles. The fourth-order valence-electron chi connectivity index (χ4n) is 0.218. The van der Waals surface area contributed by atoms with Crippen molar-refractivity contribution in [2.45, 2.75) is 13.3 Å². The van der Waals surface area contributed by atoms with E-state index in [0.29, 0.717) is 6.42 Å². The minimum Gasteiger partial charge on any atom is -1.00 e.